The molecule has 0 fully saturated rings. The third-order valence-corrected chi connectivity index (χ3v) is 4.79. The van der Waals surface area contributed by atoms with Crippen LogP contribution in [0.4, 0.5) is 0 Å². The van der Waals surface area contributed by atoms with Crippen LogP contribution < -0.4 is 10.6 Å². The minimum Gasteiger partial charge on any atom is -0.481 e. The zero-order valence-corrected chi connectivity index (χ0v) is 21.3. The molecule has 35 heavy (non-hydrogen) atoms. The van der Waals surface area contributed by atoms with Gasteiger partial charge in [0.1, 0.15) is 0 Å². The fourth-order valence-electron chi connectivity index (χ4n) is 2.89. The van der Waals surface area contributed by atoms with Gasteiger partial charge in [0.2, 0.25) is 0 Å². The number of carboxylic acids is 2. The molecular weight excluding hydrogens is 460 g/mol. The van der Waals surface area contributed by atoms with Gasteiger partial charge in [0, 0.05) is 13.0 Å². The average Bonchev–Trinajstić information content (AvgIpc) is 2.82. The van der Waals surface area contributed by atoms with E-state index in [0.29, 0.717) is 52.9 Å². The summed E-state index contributed by atoms with van der Waals surface area (Å²) in [7, 11) is 0. The first-order valence-electron chi connectivity index (χ1n) is 12.9. The van der Waals surface area contributed by atoms with Crippen molar-refractivity contribution in [2.75, 3.05) is 92.2 Å². The van der Waals surface area contributed by atoms with Gasteiger partial charge < -0.3 is 44.5 Å². The Kier molecular flexibility index (Phi) is 27.8. The summed E-state index contributed by atoms with van der Waals surface area (Å²) in [6.45, 7) is 8.69. The Labute approximate surface area is 210 Å². The van der Waals surface area contributed by atoms with Crippen LogP contribution in [0.15, 0.2) is 0 Å². The third kappa shape index (κ3) is 32.7. The Bertz CT molecular complexity index is 430. The SMILES string of the molecule is O=C(O)CCCCNCCCCCNCCCOCCOCCOCCOCCOCCC(=O)O. The van der Waals surface area contributed by atoms with Crippen molar-refractivity contribution in [1.29, 1.82) is 0 Å². The first kappa shape index (κ1) is 33.7. The Balaban J connectivity index is 3.03. The first-order chi connectivity index (χ1) is 17.1. The number of carboxylic acid groups (broad SMARTS) is 2. The molecule has 0 saturated carbocycles. The molecular formula is C24H48N2O9. The number of unbranched alkanes of at least 4 members (excludes halogenated alkanes) is 3. The van der Waals surface area contributed by atoms with E-state index in [9.17, 15) is 9.59 Å². The molecule has 0 aromatic carbocycles. The van der Waals surface area contributed by atoms with Crippen LogP contribution in [0.5, 0.6) is 0 Å². The molecule has 11 nitrogen and oxygen atoms in total. The highest BCUT2D eigenvalue weighted by Crippen LogP contribution is 1.95. The second-order valence-corrected chi connectivity index (χ2v) is 7.97. The van der Waals surface area contributed by atoms with Crippen molar-refractivity contribution in [1.82, 2.24) is 10.6 Å². The first-order valence-corrected chi connectivity index (χ1v) is 12.9. The molecule has 11 heteroatoms. The number of rotatable bonds is 30. The van der Waals surface area contributed by atoms with Crippen molar-refractivity contribution in [3.8, 4) is 0 Å². The van der Waals surface area contributed by atoms with Gasteiger partial charge in [0.05, 0.1) is 65.9 Å². The molecule has 0 bridgehead atoms. The molecule has 0 heterocycles. The zero-order chi connectivity index (χ0) is 25.7. The van der Waals surface area contributed by atoms with Gasteiger partial charge in [-0.3, -0.25) is 9.59 Å². The Hall–Kier alpha value is -1.34. The van der Waals surface area contributed by atoms with Gasteiger partial charge in [-0.1, -0.05) is 6.42 Å². The van der Waals surface area contributed by atoms with Crippen molar-refractivity contribution < 1.29 is 43.5 Å². The number of carbonyl (C=O) groups is 2. The second kappa shape index (κ2) is 28.9. The predicted octanol–water partition coefficient (Wildman–Crippen LogP) is 1.54. The van der Waals surface area contributed by atoms with Gasteiger partial charge in [-0.2, -0.15) is 0 Å². The van der Waals surface area contributed by atoms with Crippen molar-refractivity contribution >= 4 is 11.9 Å². The number of nitrogens with one attached hydrogen (secondary N) is 2. The zero-order valence-electron chi connectivity index (χ0n) is 21.3. The highest BCUT2D eigenvalue weighted by Gasteiger charge is 1.98. The molecule has 0 aromatic rings. The van der Waals surface area contributed by atoms with Crippen LogP contribution in [-0.2, 0) is 33.3 Å². The maximum absolute atomic E-state index is 10.4. The third-order valence-electron chi connectivity index (χ3n) is 4.79. The number of aliphatic carboxylic acids is 2. The second-order valence-electron chi connectivity index (χ2n) is 7.97. The van der Waals surface area contributed by atoms with Crippen LogP contribution in [0.2, 0.25) is 0 Å². The minimum absolute atomic E-state index is 0.00701. The summed E-state index contributed by atoms with van der Waals surface area (Å²) in [5.74, 6) is -1.58. The standard InChI is InChI=1S/C24H48N2O9/c27-23(28)7-2-5-11-25-9-3-1-4-10-26-12-6-13-31-15-17-33-19-21-35-22-20-34-18-16-32-14-8-24(29)30/h25-26H,1-22H2,(H,27,28)(H,29,30). The van der Waals surface area contributed by atoms with E-state index in [2.05, 4.69) is 10.6 Å². The smallest absolute Gasteiger partial charge is 0.305 e. The lowest BCUT2D eigenvalue weighted by molar-refractivity contribution is -0.138. The van der Waals surface area contributed by atoms with Gasteiger partial charge in [-0.25, -0.2) is 0 Å². The van der Waals surface area contributed by atoms with E-state index in [-0.39, 0.29) is 19.4 Å². The maximum Gasteiger partial charge on any atom is 0.305 e. The van der Waals surface area contributed by atoms with E-state index in [0.717, 1.165) is 64.9 Å². The fourth-order valence-corrected chi connectivity index (χ4v) is 2.89. The largest absolute Gasteiger partial charge is 0.481 e. The minimum atomic E-state index is -0.867. The van der Waals surface area contributed by atoms with Crippen molar-refractivity contribution in [2.45, 2.75) is 51.4 Å². The lowest BCUT2D eigenvalue weighted by Crippen LogP contribution is -2.20. The van der Waals surface area contributed by atoms with Crippen LogP contribution in [0, 0.1) is 0 Å². The predicted molar refractivity (Wildman–Crippen MR) is 132 cm³/mol. The monoisotopic (exact) mass is 508 g/mol. The fraction of sp³-hybridized carbons (Fsp3) is 0.917. The van der Waals surface area contributed by atoms with Crippen LogP contribution in [0.3, 0.4) is 0 Å². The quantitative estimate of drug-likeness (QED) is 0.105. The van der Waals surface area contributed by atoms with Crippen LogP contribution in [0.1, 0.15) is 51.4 Å². The molecule has 0 aliphatic heterocycles. The molecule has 208 valence electrons. The summed E-state index contributed by atoms with van der Waals surface area (Å²) >= 11 is 0. The summed E-state index contributed by atoms with van der Waals surface area (Å²) < 4.78 is 26.8. The molecule has 0 saturated heterocycles. The van der Waals surface area contributed by atoms with Gasteiger partial charge in [-0.05, 0) is 58.3 Å². The Morgan fingerprint density at radius 2 is 0.800 bits per heavy atom. The molecule has 0 radical (unpaired) electrons. The molecule has 0 atom stereocenters. The molecule has 0 rings (SSSR count). The summed E-state index contributed by atoms with van der Waals surface area (Å²) in [6.07, 6.45) is 6.41. The molecule has 0 unspecified atom stereocenters. The number of ether oxygens (including phenoxy) is 5. The lowest BCUT2D eigenvalue weighted by Gasteiger charge is -2.08. The van der Waals surface area contributed by atoms with Gasteiger partial charge in [0.25, 0.3) is 0 Å². The van der Waals surface area contributed by atoms with Crippen LogP contribution in [0.25, 0.3) is 0 Å². The van der Waals surface area contributed by atoms with E-state index in [1.165, 1.54) is 6.42 Å². The molecule has 0 aliphatic rings. The van der Waals surface area contributed by atoms with Crippen molar-refractivity contribution in [2.24, 2.45) is 0 Å². The van der Waals surface area contributed by atoms with E-state index in [1.54, 1.807) is 0 Å². The lowest BCUT2D eigenvalue weighted by atomic mass is 10.2. The van der Waals surface area contributed by atoms with E-state index in [1.807, 2.05) is 0 Å². The van der Waals surface area contributed by atoms with Gasteiger partial charge in [-0.15, -0.1) is 0 Å². The highest BCUT2D eigenvalue weighted by atomic mass is 16.6. The van der Waals surface area contributed by atoms with Crippen molar-refractivity contribution in [3.63, 3.8) is 0 Å². The topological polar surface area (TPSA) is 145 Å². The number of hydrogen-bond acceptors (Lipinski definition) is 9. The molecule has 0 spiro atoms. The van der Waals surface area contributed by atoms with E-state index in [4.69, 9.17) is 33.9 Å². The molecule has 4 N–H and O–H groups in total. The van der Waals surface area contributed by atoms with E-state index < -0.39 is 11.9 Å². The van der Waals surface area contributed by atoms with Gasteiger partial charge in [0.15, 0.2) is 0 Å². The Morgan fingerprint density at radius 3 is 1.26 bits per heavy atom. The van der Waals surface area contributed by atoms with Crippen LogP contribution in [-0.4, -0.2) is 114 Å². The molecule has 0 aliphatic carbocycles. The highest BCUT2D eigenvalue weighted by molar-refractivity contribution is 5.66. The molecule has 0 aromatic heterocycles. The van der Waals surface area contributed by atoms with Crippen molar-refractivity contribution in [3.05, 3.63) is 0 Å². The van der Waals surface area contributed by atoms with Gasteiger partial charge >= 0.3 is 11.9 Å². The summed E-state index contributed by atoms with van der Waals surface area (Å²) in [4.78, 5) is 20.7. The summed E-state index contributed by atoms with van der Waals surface area (Å²) in [6, 6.07) is 0. The van der Waals surface area contributed by atoms with Crippen LogP contribution >= 0.6 is 0 Å². The average molecular weight is 509 g/mol. The molecule has 0 amide bonds. The normalized spacial score (nSPS) is 11.2. The maximum atomic E-state index is 10.4. The van der Waals surface area contributed by atoms with E-state index >= 15 is 0 Å². The summed E-state index contributed by atoms with van der Waals surface area (Å²) in [5, 5.41) is 23.8. The number of hydrogen-bond donors (Lipinski definition) is 4. The summed E-state index contributed by atoms with van der Waals surface area (Å²) in [5.41, 5.74) is 0. The Morgan fingerprint density at radius 1 is 0.429 bits per heavy atom.